The van der Waals surface area contributed by atoms with Crippen molar-refractivity contribution in [1.29, 1.82) is 0 Å². The highest BCUT2D eigenvalue weighted by atomic mass is 15.2. The zero-order valence-corrected chi connectivity index (χ0v) is 34.2. The summed E-state index contributed by atoms with van der Waals surface area (Å²) < 4.78 is 0. The van der Waals surface area contributed by atoms with Crippen LogP contribution in [-0.4, -0.2) is 0 Å². The fourth-order valence-corrected chi connectivity index (χ4v) is 10.1. The van der Waals surface area contributed by atoms with Gasteiger partial charge in [0.2, 0.25) is 0 Å². The second-order valence-electron chi connectivity index (χ2n) is 16.3. The lowest BCUT2D eigenvalue weighted by Crippen LogP contribution is -2.28. The van der Waals surface area contributed by atoms with Crippen molar-refractivity contribution in [3.63, 3.8) is 0 Å². The minimum atomic E-state index is -0.423. The number of hydrogen-bond donors (Lipinski definition) is 0. The van der Waals surface area contributed by atoms with Gasteiger partial charge in [-0.1, -0.05) is 182 Å². The van der Waals surface area contributed by atoms with E-state index < -0.39 is 5.41 Å². The highest BCUT2D eigenvalue weighted by molar-refractivity contribution is 5.93. The summed E-state index contributed by atoms with van der Waals surface area (Å²) in [6.07, 6.45) is 15.5. The Morgan fingerprint density at radius 2 is 1.07 bits per heavy atom. The van der Waals surface area contributed by atoms with Crippen LogP contribution in [0.25, 0.3) is 23.3 Å². The van der Waals surface area contributed by atoms with Crippen molar-refractivity contribution < 1.29 is 0 Å². The number of aryl methyl sites for hydroxylation is 2. The average Bonchev–Trinajstić information content (AvgIpc) is 3.54. The summed E-state index contributed by atoms with van der Waals surface area (Å²) in [5.74, 6) is 0. The molecule has 8 aromatic rings. The van der Waals surface area contributed by atoms with Crippen LogP contribution in [-0.2, 0) is 18.3 Å². The minimum absolute atomic E-state index is 0.423. The van der Waals surface area contributed by atoms with E-state index in [0.29, 0.717) is 0 Å². The van der Waals surface area contributed by atoms with Gasteiger partial charge < -0.3 is 9.80 Å². The van der Waals surface area contributed by atoms with E-state index in [1.807, 2.05) is 0 Å². The van der Waals surface area contributed by atoms with Gasteiger partial charge in [0.1, 0.15) is 0 Å². The predicted molar refractivity (Wildman–Crippen MR) is 256 cm³/mol. The zero-order chi connectivity index (χ0) is 40.6. The Morgan fingerprint density at radius 1 is 0.475 bits per heavy atom. The van der Waals surface area contributed by atoms with Crippen LogP contribution < -0.4 is 9.80 Å². The third kappa shape index (κ3) is 6.35. The van der Waals surface area contributed by atoms with Crippen LogP contribution >= 0.6 is 0 Å². The summed E-state index contributed by atoms with van der Waals surface area (Å²) in [6, 6.07) is 73.7. The minimum Gasteiger partial charge on any atom is -0.314 e. The molecule has 1 aliphatic heterocycles. The molecular formula is C59H46N2. The number of fused-ring (bicyclic) bond motifs is 5. The molecule has 0 spiro atoms. The molecule has 3 aliphatic rings. The molecule has 2 nitrogen and oxygen atoms in total. The number of benzene rings is 8. The Balaban J connectivity index is 1.04. The number of anilines is 5. The van der Waals surface area contributed by atoms with Crippen LogP contribution in [0.15, 0.2) is 224 Å². The number of nitrogens with zero attached hydrogens (tertiary/aromatic N) is 2. The van der Waals surface area contributed by atoms with E-state index in [1.54, 1.807) is 0 Å². The molecule has 8 aromatic carbocycles. The molecule has 0 unspecified atom stereocenters. The van der Waals surface area contributed by atoms with Gasteiger partial charge in [0.05, 0.1) is 11.1 Å². The Bertz CT molecular complexity index is 2880. The molecule has 0 radical (unpaired) electrons. The number of hydrogen-bond acceptors (Lipinski definition) is 2. The van der Waals surface area contributed by atoms with Gasteiger partial charge in [-0.2, -0.15) is 0 Å². The first-order valence-corrected chi connectivity index (χ1v) is 21.6. The first-order valence-electron chi connectivity index (χ1n) is 21.6. The van der Waals surface area contributed by atoms with Gasteiger partial charge in [0, 0.05) is 28.4 Å². The zero-order valence-electron chi connectivity index (χ0n) is 34.2. The average molecular weight is 783 g/mol. The fraction of sp³-hybridized carbons (Fsp3) is 0.0847. The van der Waals surface area contributed by atoms with Crippen molar-refractivity contribution in [1.82, 2.24) is 0 Å². The maximum Gasteiger partial charge on any atom is 0.0713 e. The van der Waals surface area contributed by atoms with Crippen LogP contribution in [0, 0.1) is 0 Å². The third-order valence-corrected chi connectivity index (χ3v) is 12.9. The van der Waals surface area contributed by atoms with Gasteiger partial charge in [-0.15, -0.1) is 0 Å². The molecular weight excluding hydrogens is 737 g/mol. The maximum absolute atomic E-state index is 2.57. The quantitative estimate of drug-likeness (QED) is 0.142. The summed E-state index contributed by atoms with van der Waals surface area (Å²) in [6.45, 7) is 0. The first-order chi connectivity index (χ1) is 30.3. The lowest BCUT2D eigenvalue weighted by Gasteiger charge is -2.33. The van der Waals surface area contributed by atoms with E-state index in [9.17, 15) is 0 Å². The van der Waals surface area contributed by atoms with Crippen molar-refractivity contribution in [2.24, 2.45) is 0 Å². The molecule has 0 atom stereocenters. The van der Waals surface area contributed by atoms with Gasteiger partial charge in [-0.3, -0.25) is 0 Å². The largest absolute Gasteiger partial charge is 0.314 e. The SMILES string of the molecule is C1=CCCC(N2c3cc(/C=C/c4cccc5c4-c4ccccc4C5(c4ccccc4)c4ccccc4)ccc3CCc3ccc(N(c4ccccc4)c4ccccc4)cc32)=C1. The molecule has 11 rings (SSSR count). The highest BCUT2D eigenvalue weighted by Gasteiger charge is 2.46. The molecule has 0 aromatic heterocycles. The van der Waals surface area contributed by atoms with Gasteiger partial charge >= 0.3 is 0 Å². The second-order valence-corrected chi connectivity index (χ2v) is 16.3. The van der Waals surface area contributed by atoms with Crippen LogP contribution in [0.3, 0.4) is 0 Å². The number of para-hydroxylation sites is 2. The Labute approximate surface area is 359 Å². The molecule has 2 aliphatic carbocycles. The number of allylic oxidation sites excluding steroid dienone is 4. The molecule has 0 bridgehead atoms. The van der Waals surface area contributed by atoms with Crippen molar-refractivity contribution in [3.8, 4) is 11.1 Å². The first kappa shape index (κ1) is 36.6. The maximum atomic E-state index is 2.57. The van der Waals surface area contributed by atoms with E-state index in [4.69, 9.17) is 0 Å². The predicted octanol–water partition coefficient (Wildman–Crippen LogP) is 15.2. The lowest BCUT2D eigenvalue weighted by atomic mass is 9.67. The molecule has 0 N–H and O–H groups in total. The summed E-state index contributed by atoms with van der Waals surface area (Å²) in [4.78, 5) is 4.94. The van der Waals surface area contributed by atoms with Crippen molar-refractivity contribution in [3.05, 3.63) is 269 Å². The van der Waals surface area contributed by atoms with E-state index in [2.05, 4.69) is 240 Å². The second kappa shape index (κ2) is 15.6. The van der Waals surface area contributed by atoms with Crippen LogP contribution in [0.5, 0.6) is 0 Å². The van der Waals surface area contributed by atoms with E-state index >= 15 is 0 Å². The van der Waals surface area contributed by atoms with Gasteiger partial charge in [0.15, 0.2) is 0 Å². The summed E-state index contributed by atoms with van der Waals surface area (Å²) in [5.41, 5.74) is 19.8. The summed E-state index contributed by atoms with van der Waals surface area (Å²) in [5, 5.41) is 0. The fourth-order valence-electron chi connectivity index (χ4n) is 10.1. The Kier molecular flexibility index (Phi) is 9.39. The van der Waals surface area contributed by atoms with E-state index in [0.717, 1.165) is 42.7 Å². The topological polar surface area (TPSA) is 6.48 Å². The van der Waals surface area contributed by atoms with Crippen molar-refractivity contribution in [2.45, 2.75) is 31.1 Å². The molecule has 0 amide bonds. The van der Waals surface area contributed by atoms with Crippen molar-refractivity contribution >= 4 is 40.6 Å². The van der Waals surface area contributed by atoms with Gasteiger partial charge in [-0.25, -0.2) is 0 Å². The smallest absolute Gasteiger partial charge is 0.0713 e. The standard InChI is InChI=1S/C59H46N2/c1-6-20-47(21-7-1)59(48-22-8-2-9-23-48)54-31-17-16-30-53(54)58-46(19-18-32-55(58)59)36-34-43-33-35-44-37-38-45-39-40-52(42-57(45)61(56(44)41-43)51-28-14-5-15-29-51)60(49-24-10-3-11-25-49)50-26-12-4-13-27-50/h1-14,16-28,30-36,39-42H,15,29,37-38H2/b36-34+. The van der Waals surface area contributed by atoms with Gasteiger partial charge in [0.25, 0.3) is 0 Å². The normalized spacial score (nSPS) is 14.7. The molecule has 1 heterocycles. The Hall–Kier alpha value is -7.42. The van der Waals surface area contributed by atoms with E-state index in [-0.39, 0.29) is 0 Å². The van der Waals surface area contributed by atoms with Crippen LogP contribution in [0.4, 0.5) is 28.4 Å². The lowest BCUT2D eigenvalue weighted by molar-refractivity contribution is 0.768. The highest BCUT2D eigenvalue weighted by Crippen LogP contribution is 2.57. The van der Waals surface area contributed by atoms with E-state index in [1.165, 1.54) is 72.7 Å². The molecule has 0 saturated heterocycles. The Morgan fingerprint density at radius 3 is 1.72 bits per heavy atom. The molecule has 292 valence electrons. The monoisotopic (exact) mass is 782 g/mol. The summed E-state index contributed by atoms with van der Waals surface area (Å²) >= 11 is 0. The van der Waals surface area contributed by atoms with Crippen LogP contribution in [0.2, 0.25) is 0 Å². The molecule has 61 heavy (non-hydrogen) atoms. The molecule has 0 fully saturated rings. The number of rotatable bonds is 8. The van der Waals surface area contributed by atoms with Gasteiger partial charge in [-0.05, 0) is 130 Å². The third-order valence-electron chi connectivity index (χ3n) is 12.9. The summed E-state index contributed by atoms with van der Waals surface area (Å²) in [7, 11) is 0. The van der Waals surface area contributed by atoms with Crippen LogP contribution in [0.1, 0.15) is 57.3 Å². The molecule has 2 heteroatoms. The van der Waals surface area contributed by atoms with Crippen molar-refractivity contribution in [2.75, 3.05) is 9.80 Å². The molecule has 0 saturated carbocycles.